The van der Waals surface area contributed by atoms with Gasteiger partial charge in [-0.2, -0.15) is 0 Å². The van der Waals surface area contributed by atoms with E-state index in [-0.39, 0.29) is 39.4 Å². The van der Waals surface area contributed by atoms with Crippen LogP contribution in [-0.2, 0) is 34.7 Å². The van der Waals surface area contributed by atoms with E-state index < -0.39 is 15.6 Å². The number of alkyl halides is 4. The third-order valence-corrected chi connectivity index (χ3v) is 6.63. The van der Waals surface area contributed by atoms with Crippen LogP contribution in [-0.4, -0.2) is 53.1 Å². The summed E-state index contributed by atoms with van der Waals surface area (Å²) in [6, 6.07) is 0. The zero-order valence-corrected chi connectivity index (χ0v) is 19.2. The molecule has 2 unspecified atom stereocenters. The fourth-order valence-electron chi connectivity index (χ4n) is 0.445. The second-order valence-corrected chi connectivity index (χ2v) is 9.44. The van der Waals surface area contributed by atoms with E-state index in [1.807, 2.05) is 0 Å². The van der Waals surface area contributed by atoms with Crippen molar-refractivity contribution in [3.63, 3.8) is 0 Å². The molecule has 0 spiro atoms. The molecule has 8 nitrogen and oxygen atoms in total. The van der Waals surface area contributed by atoms with E-state index in [9.17, 15) is 9.13 Å². The molecule has 0 aliphatic heterocycles. The molecule has 0 radical (unpaired) electrons. The first-order valence-corrected chi connectivity index (χ1v) is 11.8. The van der Waals surface area contributed by atoms with Gasteiger partial charge in [-0.05, 0) is 0 Å². The van der Waals surface area contributed by atoms with Crippen molar-refractivity contribution >= 4 is 79.4 Å². The quantitative estimate of drug-likeness (QED) is 0.178. The van der Waals surface area contributed by atoms with Crippen LogP contribution < -0.4 is 0 Å². The third-order valence-electron chi connectivity index (χ3n) is 1.18. The summed E-state index contributed by atoms with van der Waals surface area (Å²) in [5.41, 5.74) is 0. The summed E-state index contributed by atoms with van der Waals surface area (Å²) in [7, 11) is -8.57. The SMILES string of the molecule is O=P(O)(O)OCC(Br)CBr.O=P(O)(O)OCC(Br)CBr.[Ni]. The van der Waals surface area contributed by atoms with Crippen molar-refractivity contribution < 1.29 is 54.2 Å². The van der Waals surface area contributed by atoms with Crippen molar-refractivity contribution in [2.75, 3.05) is 23.9 Å². The van der Waals surface area contributed by atoms with E-state index in [1.54, 1.807) is 0 Å². The Balaban J connectivity index is -0.000000295. The van der Waals surface area contributed by atoms with Crippen molar-refractivity contribution in [2.45, 2.75) is 9.65 Å². The van der Waals surface area contributed by atoms with Crippen molar-refractivity contribution in [1.29, 1.82) is 0 Å². The Morgan fingerprint density at radius 3 is 1.19 bits per heavy atom. The average molecular weight is 654 g/mol. The van der Waals surface area contributed by atoms with Crippen LogP contribution in [0.4, 0.5) is 0 Å². The molecule has 0 fully saturated rings. The molecular formula is C6H14Br4NiO8P2. The summed E-state index contributed by atoms with van der Waals surface area (Å²) < 4.78 is 28.5. The Labute approximate surface area is 166 Å². The summed E-state index contributed by atoms with van der Waals surface area (Å²) in [5.74, 6) is 0. The topological polar surface area (TPSA) is 134 Å². The van der Waals surface area contributed by atoms with Crippen LogP contribution in [0.3, 0.4) is 0 Å². The van der Waals surface area contributed by atoms with Gasteiger partial charge in [0.15, 0.2) is 0 Å². The minimum atomic E-state index is -4.28. The molecule has 0 aliphatic rings. The van der Waals surface area contributed by atoms with Gasteiger partial charge in [0, 0.05) is 36.8 Å². The molecule has 2 atom stereocenters. The first-order valence-electron chi connectivity index (χ1n) is 4.71. The van der Waals surface area contributed by atoms with Crippen LogP contribution in [0, 0.1) is 0 Å². The number of phosphoric acid groups is 2. The Morgan fingerprint density at radius 2 is 1.05 bits per heavy atom. The van der Waals surface area contributed by atoms with Crippen molar-refractivity contribution in [3.8, 4) is 0 Å². The van der Waals surface area contributed by atoms with Crippen LogP contribution >= 0.6 is 79.4 Å². The maximum absolute atomic E-state index is 10.1. The van der Waals surface area contributed by atoms with Gasteiger partial charge in [0.25, 0.3) is 0 Å². The summed E-state index contributed by atoms with van der Waals surface area (Å²) in [6.07, 6.45) is 0. The summed E-state index contributed by atoms with van der Waals surface area (Å²) in [4.78, 5) is 32.7. The van der Waals surface area contributed by atoms with Crippen molar-refractivity contribution in [2.24, 2.45) is 0 Å². The molecule has 0 aromatic heterocycles. The van der Waals surface area contributed by atoms with Crippen LogP contribution in [0.15, 0.2) is 0 Å². The molecule has 134 valence electrons. The molecule has 0 aromatic carbocycles. The van der Waals surface area contributed by atoms with E-state index in [2.05, 4.69) is 72.8 Å². The number of halogens is 4. The maximum atomic E-state index is 10.1. The van der Waals surface area contributed by atoms with E-state index >= 15 is 0 Å². The molecular weight excluding hydrogens is 640 g/mol. The Morgan fingerprint density at radius 1 is 0.810 bits per heavy atom. The molecule has 0 saturated heterocycles. The minimum Gasteiger partial charge on any atom is -0.303 e. The molecule has 0 heterocycles. The minimum absolute atomic E-state index is 0. The van der Waals surface area contributed by atoms with Gasteiger partial charge in [0.1, 0.15) is 0 Å². The number of hydrogen-bond donors (Lipinski definition) is 4. The first kappa shape index (κ1) is 28.4. The molecule has 0 rings (SSSR count). The fraction of sp³-hybridized carbons (Fsp3) is 1.00. The second kappa shape index (κ2) is 14.9. The largest absolute Gasteiger partial charge is 0.469 e. The third kappa shape index (κ3) is 27.8. The van der Waals surface area contributed by atoms with Gasteiger partial charge in [-0.25, -0.2) is 9.13 Å². The molecule has 0 aliphatic carbocycles. The predicted molar refractivity (Wildman–Crippen MR) is 89.0 cm³/mol. The first-order chi connectivity index (χ1) is 8.91. The van der Waals surface area contributed by atoms with Gasteiger partial charge >= 0.3 is 15.6 Å². The number of rotatable bonds is 8. The van der Waals surface area contributed by atoms with Crippen LogP contribution in [0.25, 0.3) is 0 Å². The van der Waals surface area contributed by atoms with E-state index in [0.717, 1.165) is 0 Å². The Hall–Kier alpha value is 2.63. The van der Waals surface area contributed by atoms with E-state index in [4.69, 9.17) is 19.6 Å². The van der Waals surface area contributed by atoms with Gasteiger partial charge in [-0.1, -0.05) is 63.7 Å². The molecule has 0 aromatic rings. The fourth-order valence-corrected chi connectivity index (χ4v) is 2.24. The van der Waals surface area contributed by atoms with E-state index in [1.165, 1.54) is 0 Å². The Bertz CT molecular complexity index is 307. The zero-order chi connectivity index (χ0) is 16.4. The number of phosphoric ester groups is 2. The van der Waals surface area contributed by atoms with Crippen LogP contribution in [0.1, 0.15) is 0 Å². The predicted octanol–water partition coefficient (Wildman–Crippen LogP) is 2.51. The summed E-state index contributed by atoms with van der Waals surface area (Å²) in [6.45, 7) is -0.00887. The van der Waals surface area contributed by atoms with Crippen molar-refractivity contribution in [3.05, 3.63) is 0 Å². The smallest absolute Gasteiger partial charge is 0.303 e. The second-order valence-electron chi connectivity index (χ2n) is 3.08. The maximum Gasteiger partial charge on any atom is 0.469 e. The zero-order valence-electron chi connectivity index (χ0n) is 10.1. The van der Waals surface area contributed by atoms with Gasteiger partial charge in [-0.3, -0.25) is 9.05 Å². The van der Waals surface area contributed by atoms with Gasteiger partial charge in [-0.15, -0.1) is 0 Å². The van der Waals surface area contributed by atoms with Gasteiger partial charge < -0.3 is 19.6 Å². The van der Waals surface area contributed by atoms with Crippen molar-refractivity contribution in [1.82, 2.24) is 0 Å². The van der Waals surface area contributed by atoms with Gasteiger partial charge in [0.05, 0.1) is 13.2 Å². The normalized spacial score (nSPS) is 14.5. The average Bonchev–Trinajstić information content (AvgIpc) is 2.31. The molecule has 0 bridgehead atoms. The standard InChI is InChI=1S/2C3H7Br2O4P.Ni/c2*4-1-3(5)2-9-10(6,7)8;/h2*3H,1-2H2,(H2,6,7,8);. The Kier molecular flexibility index (Phi) is 20.2. The molecule has 15 heteroatoms. The van der Waals surface area contributed by atoms with Gasteiger partial charge in [0.2, 0.25) is 0 Å². The number of hydrogen-bond acceptors (Lipinski definition) is 4. The van der Waals surface area contributed by atoms with Crippen LogP contribution in [0.2, 0.25) is 0 Å². The molecule has 21 heavy (non-hydrogen) atoms. The van der Waals surface area contributed by atoms with E-state index in [0.29, 0.717) is 10.7 Å². The van der Waals surface area contributed by atoms with Crippen LogP contribution in [0.5, 0.6) is 0 Å². The summed E-state index contributed by atoms with van der Waals surface area (Å²) in [5, 5.41) is 1.18. The molecule has 4 N–H and O–H groups in total. The molecule has 0 amide bonds. The summed E-state index contributed by atoms with van der Waals surface area (Å²) >= 11 is 12.4. The monoisotopic (exact) mass is 650 g/mol. The molecule has 0 saturated carbocycles.